The molecular formula is C18H19F2N3O3S. The minimum Gasteiger partial charge on any atom is -0.352 e. The van der Waals surface area contributed by atoms with Crippen LogP contribution in [0.25, 0.3) is 0 Å². The number of halogens is 2. The number of carbonyl (C=O) groups is 1. The highest BCUT2D eigenvalue weighted by Gasteiger charge is 2.34. The molecule has 2 aromatic rings. The molecule has 2 heterocycles. The van der Waals surface area contributed by atoms with Crippen molar-refractivity contribution in [3.8, 4) is 0 Å². The van der Waals surface area contributed by atoms with E-state index in [1.807, 2.05) is 0 Å². The molecule has 1 N–H and O–H groups in total. The van der Waals surface area contributed by atoms with E-state index >= 15 is 0 Å². The highest BCUT2D eigenvalue weighted by atomic mass is 32.2. The van der Waals surface area contributed by atoms with Crippen LogP contribution in [0.4, 0.5) is 20.2 Å². The summed E-state index contributed by atoms with van der Waals surface area (Å²) >= 11 is 0. The largest absolute Gasteiger partial charge is 0.352 e. The van der Waals surface area contributed by atoms with E-state index in [2.05, 4.69) is 10.3 Å². The average molecular weight is 395 g/mol. The molecule has 1 atom stereocenters. The molecule has 0 radical (unpaired) electrons. The molecule has 0 spiro atoms. The second-order valence-corrected chi connectivity index (χ2v) is 8.56. The fourth-order valence-electron chi connectivity index (χ4n) is 3.08. The number of carbonyl (C=O) groups excluding carboxylic acids is 1. The number of anilines is 2. The van der Waals surface area contributed by atoms with Crippen LogP contribution < -0.4 is 5.32 Å². The van der Waals surface area contributed by atoms with Gasteiger partial charge in [0.1, 0.15) is 17.3 Å². The van der Waals surface area contributed by atoms with E-state index in [-0.39, 0.29) is 34.8 Å². The molecule has 0 aliphatic carbocycles. The minimum absolute atomic E-state index is 0.0317. The fourth-order valence-corrected chi connectivity index (χ4v) is 4.81. The molecule has 1 unspecified atom stereocenters. The standard InChI is InChI=1S/C18H19F2N3O3S/c1-2-23(14-7-8-27(25,26)11-14)18(24)17-6-4-13(10-21-17)22-16-5-3-12(19)9-15(16)20/h3-6,9-10,14,22H,2,7-8,11H2,1H3. The van der Waals surface area contributed by atoms with Crippen molar-refractivity contribution in [3.63, 3.8) is 0 Å². The lowest BCUT2D eigenvalue weighted by atomic mass is 10.2. The lowest BCUT2D eigenvalue weighted by molar-refractivity contribution is 0.0702. The first-order chi connectivity index (χ1) is 12.8. The van der Waals surface area contributed by atoms with E-state index in [1.54, 1.807) is 13.0 Å². The van der Waals surface area contributed by atoms with Crippen molar-refractivity contribution in [2.75, 3.05) is 23.4 Å². The van der Waals surface area contributed by atoms with Crippen LogP contribution >= 0.6 is 0 Å². The van der Waals surface area contributed by atoms with Gasteiger partial charge in [0.25, 0.3) is 5.91 Å². The Morgan fingerprint density at radius 1 is 1.30 bits per heavy atom. The number of hydrogen-bond donors (Lipinski definition) is 1. The van der Waals surface area contributed by atoms with Crippen molar-refractivity contribution in [2.45, 2.75) is 19.4 Å². The van der Waals surface area contributed by atoms with Crippen molar-refractivity contribution in [2.24, 2.45) is 0 Å². The summed E-state index contributed by atoms with van der Waals surface area (Å²) in [4.78, 5) is 18.3. The maximum Gasteiger partial charge on any atom is 0.272 e. The Bertz CT molecular complexity index is 949. The zero-order chi connectivity index (χ0) is 19.6. The molecule has 1 aliphatic heterocycles. The molecule has 1 aliphatic rings. The number of sulfone groups is 1. The topological polar surface area (TPSA) is 79.4 Å². The van der Waals surface area contributed by atoms with Gasteiger partial charge in [0.15, 0.2) is 9.84 Å². The van der Waals surface area contributed by atoms with Gasteiger partial charge < -0.3 is 10.2 Å². The first-order valence-electron chi connectivity index (χ1n) is 8.48. The summed E-state index contributed by atoms with van der Waals surface area (Å²) in [6.07, 6.45) is 1.79. The summed E-state index contributed by atoms with van der Waals surface area (Å²) in [5.74, 6) is -1.71. The smallest absolute Gasteiger partial charge is 0.272 e. The second kappa shape index (κ2) is 7.59. The molecule has 144 valence electrons. The Hall–Kier alpha value is -2.55. The molecule has 27 heavy (non-hydrogen) atoms. The molecule has 6 nitrogen and oxygen atoms in total. The number of aromatic nitrogens is 1. The molecule has 3 rings (SSSR count). The third kappa shape index (κ3) is 4.41. The van der Waals surface area contributed by atoms with Gasteiger partial charge >= 0.3 is 0 Å². The highest BCUT2D eigenvalue weighted by Crippen LogP contribution is 2.22. The Morgan fingerprint density at radius 2 is 2.07 bits per heavy atom. The number of pyridine rings is 1. The summed E-state index contributed by atoms with van der Waals surface area (Å²) in [7, 11) is -3.10. The van der Waals surface area contributed by atoms with E-state index in [0.717, 1.165) is 12.1 Å². The van der Waals surface area contributed by atoms with Gasteiger partial charge in [0.2, 0.25) is 0 Å². The number of nitrogens with zero attached hydrogens (tertiary/aromatic N) is 2. The average Bonchev–Trinajstić information content (AvgIpc) is 2.98. The predicted molar refractivity (Wildman–Crippen MR) is 97.6 cm³/mol. The van der Waals surface area contributed by atoms with Gasteiger partial charge in [-0.3, -0.25) is 4.79 Å². The van der Waals surface area contributed by atoms with Crippen molar-refractivity contribution < 1.29 is 22.0 Å². The monoisotopic (exact) mass is 395 g/mol. The molecule has 0 bridgehead atoms. The number of rotatable bonds is 5. The number of nitrogens with one attached hydrogen (secondary N) is 1. The Labute approximate surface area is 156 Å². The van der Waals surface area contributed by atoms with Gasteiger partial charge in [0.05, 0.1) is 29.1 Å². The number of hydrogen-bond acceptors (Lipinski definition) is 5. The van der Waals surface area contributed by atoms with Crippen LogP contribution in [0.15, 0.2) is 36.5 Å². The van der Waals surface area contributed by atoms with Gasteiger partial charge in [-0.05, 0) is 37.6 Å². The van der Waals surface area contributed by atoms with Gasteiger partial charge in [-0.2, -0.15) is 0 Å². The van der Waals surface area contributed by atoms with Gasteiger partial charge in [0, 0.05) is 18.7 Å². The second-order valence-electron chi connectivity index (χ2n) is 6.33. The van der Waals surface area contributed by atoms with Crippen molar-refractivity contribution in [1.82, 2.24) is 9.88 Å². The number of benzene rings is 1. The Morgan fingerprint density at radius 3 is 2.63 bits per heavy atom. The van der Waals surface area contributed by atoms with Crippen LogP contribution in [0.1, 0.15) is 23.8 Å². The molecule has 9 heteroatoms. The maximum absolute atomic E-state index is 13.7. The van der Waals surface area contributed by atoms with E-state index in [0.29, 0.717) is 18.7 Å². The van der Waals surface area contributed by atoms with Crippen molar-refractivity contribution in [1.29, 1.82) is 0 Å². The van der Waals surface area contributed by atoms with E-state index in [4.69, 9.17) is 0 Å². The third-order valence-electron chi connectivity index (χ3n) is 4.44. The van der Waals surface area contributed by atoms with Crippen molar-refractivity contribution >= 4 is 27.1 Å². The quantitative estimate of drug-likeness (QED) is 0.842. The van der Waals surface area contributed by atoms with E-state index in [9.17, 15) is 22.0 Å². The third-order valence-corrected chi connectivity index (χ3v) is 6.19. The van der Waals surface area contributed by atoms with Gasteiger partial charge in [-0.25, -0.2) is 22.2 Å². The molecule has 1 aromatic carbocycles. The van der Waals surface area contributed by atoms with Crippen molar-refractivity contribution in [3.05, 3.63) is 53.9 Å². The zero-order valence-electron chi connectivity index (χ0n) is 14.7. The summed E-state index contributed by atoms with van der Waals surface area (Å²) in [6.45, 7) is 2.16. The van der Waals surface area contributed by atoms with Crippen LogP contribution in [-0.4, -0.2) is 48.3 Å². The molecule has 1 amide bonds. The van der Waals surface area contributed by atoms with Crippen LogP contribution in [0.2, 0.25) is 0 Å². The van der Waals surface area contributed by atoms with E-state index < -0.39 is 21.5 Å². The molecular weight excluding hydrogens is 376 g/mol. The maximum atomic E-state index is 13.7. The minimum atomic E-state index is -3.10. The van der Waals surface area contributed by atoms with E-state index in [1.165, 1.54) is 23.2 Å². The number of amides is 1. The summed E-state index contributed by atoms with van der Waals surface area (Å²) in [5, 5.41) is 2.77. The lowest BCUT2D eigenvalue weighted by Crippen LogP contribution is -2.41. The lowest BCUT2D eigenvalue weighted by Gasteiger charge is -2.26. The summed E-state index contributed by atoms with van der Waals surface area (Å²) in [5.41, 5.74) is 0.693. The zero-order valence-corrected chi connectivity index (χ0v) is 15.5. The molecule has 1 saturated heterocycles. The normalized spacial score (nSPS) is 18.3. The first kappa shape index (κ1) is 19.2. The van der Waals surface area contributed by atoms with Crippen LogP contribution in [-0.2, 0) is 9.84 Å². The fraction of sp³-hybridized carbons (Fsp3) is 0.333. The van der Waals surface area contributed by atoms with Gasteiger partial charge in [-0.15, -0.1) is 0 Å². The van der Waals surface area contributed by atoms with Crippen LogP contribution in [0, 0.1) is 11.6 Å². The highest BCUT2D eigenvalue weighted by molar-refractivity contribution is 7.91. The SMILES string of the molecule is CCN(C(=O)c1ccc(Nc2ccc(F)cc2F)cn1)C1CCS(=O)(=O)C1. The van der Waals surface area contributed by atoms with Crippen LogP contribution in [0.5, 0.6) is 0 Å². The molecule has 0 saturated carbocycles. The summed E-state index contributed by atoms with van der Waals surface area (Å²) in [6, 6.07) is 5.86. The predicted octanol–water partition coefficient (Wildman–Crippen LogP) is 2.75. The Kier molecular flexibility index (Phi) is 5.41. The van der Waals surface area contributed by atoms with Gasteiger partial charge in [-0.1, -0.05) is 0 Å². The first-order valence-corrected chi connectivity index (χ1v) is 10.3. The van der Waals surface area contributed by atoms with Crippen LogP contribution in [0.3, 0.4) is 0 Å². The molecule has 1 fully saturated rings. The Balaban J connectivity index is 1.73. The summed E-state index contributed by atoms with van der Waals surface area (Å²) < 4.78 is 50.0. The molecule has 1 aromatic heterocycles.